The van der Waals surface area contributed by atoms with Gasteiger partial charge in [-0.1, -0.05) is 6.07 Å². The maximum Gasteiger partial charge on any atom is 0.125 e. The molecule has 0 radical (unpaired) electrons. The molecule has 16 heavy (non-hydrogen) atoms. The van der Waals surface area contributed by atoms with E-state index in [0.717, 1.165) is 36.8 Å². The second-order valence-electron chi connectivity index (χ2n) is 3.40. The molecular weight excluding hydrogens is 222 g/mol. The zero-order valence-corrected chi connectivity index (χ0v) is 10.7. The fraction of sp³-hybridized carbons (Fsp3) is 0.500. The number of nitrogens with one attached hydrogen (secondary N) is 1. The Labute approximate surface area is 103 Å². The Morgan fingerprint density at radius 3 is 2.62 bits per heavy atom. The molecule has 0 unspecified atom stereocenters. The first kappa shape index (κ1) is 13.2. The first-order valence-electron chi connectivity index (χ1n) is 5.34. The van der Waals surface area contributed by atoms with Gasteiger partial charge in [-0.3, -0.25) is 0 Å². The molecule has 0 aliphatic carbocycles. The molecule has 0 amide bonds. The summed E-state index contributed by atoms with van der Waals surface area (Å²) in [7, 11) is 3.34. The number of hydrogen-bond donors (Lipinski definition) is 2. The van der Waals surface area contributed by atoms with Crippen LogP contribution in [0.5, 0.6) is 11.5 Å². The molecule has 0 saturated heterocycles. The molecule has 1 rings (SSSR count). The van der Waals surface area contributed by atoms with Crippen molar-refractivity contribution in [3.05, 3.63) is 23.8 Å². The average molecular weight is 241 g/mol. The molecule has 1 aromatic rings. The van der Waals surface area contributed by atoms with Crippen molar-refractivity contribution >= 4 is 12.6 Å². The van der Waals surface area contributed by atoms with Crippen LogP contribution in [0, 0.1) is 0 Å². The lowest BCUT2D eigenvalue weighted by atomic mass is 10.1. The van der Waals surface area contributed by atoms with Gasteiger partial charge < -0.3 is 14.8 Å². The molecule has 0 aliphatic heterocycles. The molecule has 0 saturated carbocycles. The van der Waals surface area contributed by atoms with Gasteiger partial charge in [-0.2, -0.15) is 12.6 Å². The van der Waals surface area contributed by atoms with Gasteiger partial charge in [0, 0.05) is 18.4 Å². The van der Waals surface area contributed by atoms with Gasteiger partial charge >= 0.3 is 0 Å². The summed E-state index contributed by atoms with van der Waals surface area (Å²) in [5.41, 5.74) is 1.19. The van der Waals surface area contributed by atoms with Crippen molar-refractivity contribution in [2.45, 2.75) is 6.42 Å². The van der Waals surface area contributed by atoms with Crippen LogP contribution in [0.3, 0.4) is 0 Å². The summed E-state index contributed by atoms with van der Waals surface area (Å²) in [5, 5.41) is 3.30. The van der Waals surface area contributed by atoms with E-state index in [1.54, 1.807) is 14.2 Å². The molecule has 1 aromatic carbocycles. The Morgan fingerprint density at radius 2 is 2.00 bits per heavy atom. The van der Waals surface area contributed by atoms with Crippen molar-refractivity contribution in [3.63, 3.8) is 0 Å². The fourth-order valence-corrected chi connectivity index (χ4v) is 1.64. The minimum atomic E-state index is 0.823. The van der Waals surface area contributed by atoms with Crippen LogP contribution >= 0.6 is 12.6 Å². The molecule has 90 valence electrons. The van der Waals surface area contributed by atoms with Gasteiger partial charge in [-0.05, 0) is 24.6 Å². The van der Waals surface area contributed by atoms with E-state index in [-0.39, 0.29) is 0 Å². The van der Waals surface area contributed by atoms with Gasteiger partial charge in [0.1, 0.15) is 11.5 Å². The quantitative estimate of drug-likeness (QED) is 0.563. The number of methoxy groups -OCH3 is 2. The maximum atomic E-state index is 5.32. The van der Waals surface area contributed by atoms with E-state index in [1.807, 2.05) is 18.2 Å². The largest absolute Gasteiger partial charge is 0.497 e. The molecule has 0 aromatic heterocycles. The smallest absolute Gasteiger partial charge is 0.125 e. The molecule has 0 fully saturated rings. The summed E-state index contributed by atoms with van der Waals surface area (Å²) in [6.45, 7) is 1.87. The molecule has 0 atom stereocenters. The van der Waals surface area contributed by atoms with E-state index in [4.69, 9.17) is 9.47 Å². The van der Waals surface area contributed by atoms with Gasteiger partial charge in [-0.15, -0.1) is 0 Å². The highest BCUT2D eigenvalue weighted by Crippen LogP contribution is 2.24. The van der Waals surface area contributed by atoms with Crippen LogP contribution in [0.4, 0.5) is 0 Å². The Morgan fingerprint density at radius 1 is 1.19 bits per heavy atom. The van der Waals surface area contributed by atoms with Gasteiger partial charge in [0.2, 0.25) is 0 Å². The molecule has 0 heterocycles. The second-order valence-corrected chi connectivity index (χ2v) is 3.85. The number of ether oxygens (including phenoxy) is 2. The SMILES string of the molecule is COc1ccc(CCNCCS)c(OC)c1. The average Bonchev–Trinajstić information content (AvgIpc) is 2.34. The second kappa shape index (κ2) is 7.41. The lowest BCUT2D eigenvalue weighted by molar-refractivity contribution is 0.391. The number of thiol groups is 1. The van der Waals surface area contributed by atoms with Crippen molar-refractivity contribution < 1.29 is 9.47 Å². The fourth-order valence-electron chi connectivity index (χ4n) is 1.49. The van der Waals surface area contributed by atoms with Crippen LogP contribution in [0.2, 0.25) is 0 Å². The molecule has 1 N–H and O–H groups in total. The molecule has 4 heteroatoms. The lowest BCUT2D eigenvalue weighted by Crippen LogP contribution is -2.19. The topological polar surface area (TPSA) is 30.5 Å². The highest BCUT2D eigenvalue weighted by atomic mass is 32.1. The summed E-state index contributed by atoms with van der Waals surface area (Å²) < 4.78 is 10.5. The van der Waals surface area contributed by atoms with Crippen molar-refractivity contribution in [3.8, 4) is 11.5 Å². The zero-order valence-electron chi connectivity index (χ0n) is 9.82. The van der Waals surface area contributed by atoms with Gasteiger partial charge in [0.15, 0.2) is 0 Å². The molecule has 0 aliphatic rings. The van der Waals surface area contributed by atoms with E-state index < -0.39 is 0 Å². The van der Waals surface area contributed by atoms with Crippen LogP contribution in [0.15, 0.2) is 18.2 Å². The minimum Gasteiger partial charge on any atom is -0.497 e. The molecule has 0 bridgehead atoms. The van der Waals surface area contributed by atoms with Gasteiger partial charge in [0.25, 0.3) is 0 Å². The minimum absolute atomic E-state index is 0.823. The Bertz CT molecular complexity index is 318. The third-order valence-electron chi connectivity index (χ3n) is 2.35. The molecule has 0 spiro atoms. The summed E-state index contributed by atoms with van der Waals surface area (Å²) in [6, 6.07) is 5.91. The van der Waals surface area contributed by atoms with E-state index in [1.165, 1.54) is 5.56 Å². The lowest BCUT2D eigenvalue weighted by Gasteiger charge is -2.10. The Balaban J connectivity index is 2.57. The van der Waals surface area contributed by atoms with Crippen LogP contribution in [0.25, 0.3) is 0 Å². The van der Waals surface area contributed by atoms with E-state index >= 15 is 0 Å². The van der Waals surface area contributed by atoms with Gasteiger partial charge in [-0.25, -0.2) is 0 Å². The predicted octanol–water partition coefficient (Wildman–Crippen LogP) is 1.77. The zero-order chi connectivity index (χ0) is 11.8. The first-order valence-corrected chi connectivity index (χ1v) is 5.97. The summed E-state index contributed by atoms with van der Waals surface area (Å²) in [6.07, 6.45) is 0.945. The maximum absolute atomic E-state index is 5.32. The van der Waals surface area contributed by atoms with E-state index in [9.17, 15) is 0 Å². The summed E-state index contributed by atoms with van der Waals surface area (Å²) >= 11 is 4.14. The van der Waals surface area contributed by atoms with Crippen LogP contribution < -0.4 is 14.8 Å². The summed E-state index contributed by atoms with van der Waals surface area (Å²) in [4.78, 5) is 0. The van der Waals surface area contributed by atoms with Crippen LogP contribution in [-0.4, -0.2) is 33.1 Å². The molecule has 3 nitrogen and oxygen atoms in total. The summed E-state index contributed by atoms with van der Waals surface area (Å²) in [5.74, 6) is 2.57. The van der Waals surface area contributed by atoms with Crippen molar-refractivity contribution in [2.75, 3.05) is 33.1 Å². The third kappa shape index (κ3) is 3.94. The van der Waals surface area contributed by atoms with Crippen LogP contribution in [-0.2, 0) is 6.42 Å². The highest BCUT2D eigenvalue weighted by molar-refractivity contribution is 7.80. The van der Waals surface area contributed by atoms with E-state index in [2.05, 4.69) is 17.9 Å². The predicted molar refractivity (Wildman–Crippen MR) is 70.0 cm³/mol. The Kier molecular flexibility index (Phi) is 6.11. The standard InChI is InChI=1S/C12H19NO2S/c1-14-11-4-3-10(12(9-11)15-2)5-6-13-7-8-16/h3-4,9,13,16H,5-8H2,1-2H3. The van der Waals surface area contributed by atoms with Crippen molar-refractivity contribution in [1.29, 1.82) is 0 Å². The third-order valence-corrected chi connectivity index (χ3v) is 2.58. The van der Waals surface area contributed by atoms with Gasteiger partial charge in [0.05, 0.1) is 14.2 Å². The number of hydrogen-bond acceptors (Lipinski definition) is 4. The van der Waals surface area contributed by atoms with Crippen LogP contribution in [0.1, 0.15) is 5.56 Å². The Hall–Kier alpha value is -0.870. The van der Waals surface area contributed by atoms with E-state index in [0.29, 0.717) is 0 Å². The number of rotatable bonds is 7. The van der Waals surface area contributed by atoms with Crippen molar-refractivity contribution in [1.82, 2.24) is 5.32 Å². The van der Waals surface area contributed by atoms with Crippen molar-refractivity contribution in [2.24, 2.45) is 0 Å². The normalized spacial score (nSPS) is 10.2. The number of benzene rings is 1. The first-order chi connectivity index (χ1) is 7.81. The highest BCUT2D eigenvalue weighted by Gasteiger charge is 2.04. The molecular formula is C12H19NO2S. The monoisotopic (exact) mass is 241 g/mol.